The Bertz CT molecular complexity index is 1180. The average molecular weight is 431 g/mol. The Morgan fingerprint density at radius 1 is 1.12 bits per heavy atom. The number of rotatable bonds is 6. The van der Waals surface area contributed by atoms with E-state index in [1.54, 1.807) is 55.8 Å². The minimum absolute atomic E-state index is 0.181. The van der Waals surface area contributed by atoms with Crippen LogP contribution in [0.2, 0.25) is 0 Å². The zero-order valence-corrected chi connectivity index (χ0v) is 18.4. The molecule has 1 aliphatic rings. The summed E-state index contributed by atoms with van der Waals surface area (Å²) in [5.74, 6) is 0.949. The van der Waals surface area contributed by atoms with Gasteiger partial charge in [0, 0.05) is 34.0 Å². The summed E-state index contributed by atoms with van der Waals surface area (Å²) in [6, 6.07) is 16.2. The van der Waals surface area contributed by atoms with Gasteiger partial charge in [-0.3, -0.25) is 9.59 Å². The van der Waals surface area contributed by atoms with Crippen molar-refractivity contribution in [3.05, 3.63) is 95.0 Å². The fraction of sp³-hybridized carbons (Fsp3) is 0.231. The largest absolute Gasteiger partial charge is 0.497 e. The number of methoxy groups -OCH3 is 1. The van der Waals surface area contributed by atoms with Crippen molar-refractivity contribution in [3.63, 3.8) is 0 Å². The summed E-state index contributed by atoms with van der Waals surface area (Å²) in [5, 5.41) is 6.27. The molecule has 32 heavy (non-hydrogen) atoms. The minimum atomic E-state index is -0.268. The van der Waals surface area contributed by atoms with Crippen molar-refractivity contribution in [2.45, 2.75) is 32.4 Å². The Balaban J connectivity index is 1.58. The van der Waals surface area contributed by atoms with Gasteiger partial charge in [0.05, 0.1) is 19.9 Å². The number of hydrogen-bond donors (Lipinski definition) is 2. The molecule has 0 spiro atoms. The van der Waals surface area contributed by atoms with E-state index in [1.165, 1.54) is 0 Å². The van der Waals surface area contributed by atoms with Gasteiger partial charge in [0.2, 0.25) is 0 Å². The number of fused-ring (bicyclic) bond motifs is 1. The number of allylic oxidation sites excluding steroid dienone is 1. The van der Waals surface area contributed by atoms with Crippen LogP contribution in [0.15, 0.2) is 71.4 Å². The van der Waals surface area contributed by atoms with Crippen LogP contribution >= 0.6 is 0 Å². The first-order chi connectivity index (χ1) is 15.3. The van der Waals surface area contributed by atoms with Crippen molar-refractivity contribution in [3.8, 4) is 5.75 Å². The van der Waals surface area contributed by atoms with E-state index in [0.717, 1.165) is 29.0 Å². The quantitative estimate of drug-likeness (QED) is 0.448. The molecule has 2 N–H and O–H groups in total. The maximum atomic E-state index is 13.1. The monoisotopic (exact) mass is 430 g/mol. The van der Waals surface area contributed by atoms with Gasteiger partial charge < -0.3 is 19.8 Å². The fourth-order valence-electron chi connectivity index (χ4n) is 3.86. The van der Waals surface area contributed by atoms with Crippen molar-refractivity contribution < 1.29 is 18.7 Å². The van der Waals surface area contributed by atoms with Gasteiger partial charge in [0.1, 0.15) is 11.5 Å². The second-order valence-corrected chi connectivity index (χ2v) is 8.47. The van der Waals surface area contributed by atoms with Gasteiger partial charge in [0.15, 0.2) is 5.78 Å². The Hall–Kier alpha value is -3.80. The molecule has 3 aromatic rings. The number of amides is 1. The highest BCUT2D eigenvalue weighted by atomic mass is 16.5. The summed E-state index contributed by atoms with van der Waals surface area (Å²) in [6.45, 7) is 4.48. The summed E-state index contributed by atoms with van der Waals surface area (Å²) in [6.07, 6.45) is 3.99. The first kappa shape index (κ1) is 21.4. The molecule has 1 amide bonds. The second kappa shape index (κ2) is 8.75. The topological polar surface area (TPSA) is 80.6 Å². The second-order valence-electron chi connectivity index (χ2n) is 8.47. The molecular weight excluding hydrogens is 404 g/mol. The molecule has 164 valence electrons. The van der Waals surface area contributed by atoms with E-state index >= 15 is 0 Å². The molecule has 0 radical (unpaired) electrons. The van der Waals surface area contributed by atoms with Crippen LogP contribution in [0.25, 0.3) is 5.70 Å². The minimum Gasteiger partial charge on any atom is -0.497 e. The maximum Gasteiger partial charge on any atom is 0.251 e. The van der Waals surface area contributed by atoms with Gasteiger partial charge in [-0.15, -0.1) is 0 Å². The van der Waals surface area contributed by atoms with Gasteiger partial charge in [0.25, 0.3) is 5.91 Å². The van der Waals surface area contributed by atoms with E-state index in [2.05, 4.69) is 24.5 Å². The predicted molar refractivity (Wildman–Crippen MR) is 123 cm³/mol. The third-order valence-corrected chi connectivity index (χ3v) is 5.40. The lowest BCUT2D eigenvalue weighted by Crippen LogP contribution is -2.43. The normalized spacial score (nSPS) is 15.5. The van der Waals surface area contributed by atoms with E-state index in [4.69, 9.17) is 9.15 Å². The number of ketones is 1. The summed E-state index contributed by atoms with van der Waals surface area (Å²) in [7, 11) is 1.62. The summed E-state index contributed by atoms with van der Waals surface area (Å²) < 4.78 is 10.6. The van der Waals surface area contributed by atoms with Crippen LogP contribution in [0.1, 0.15) is 51.5 Å². The molecule has 1 aliphatic heterocycles. The standard InChI is InChI=1S/C26H26N2O4/c1-26(2)15-19-9-10-20(31-3)13-22(19)23(28-26)14-24(29)17-6-4-7-18(12-17)25(30)27-16-21-8-5-11-32-21/h4-14,28H,15-16H2,1-3H3,(H,27,30). The molecule has 4 rings (SSSR count). The van der Waals surface area contributed by atoms with Crippen LogP contribution < -0.4 is 15.4 Å². The number of hydrogen-bond acceptors (Lipinski definition) is 5. The van der Waals surface area contributed by atoms with Crippen LogP contribution in [0.4, 0.5) is 0 Å². The summed E-state index contributed by atoms with van der Waals surface area (Å²) in [5.41, 5.74) is 3.51. The van der Waals surface area contributed by atoms with Crippen LogP contribution in [0.5, 0.6) is 5.75 Å². The lowest BCUT2D eigenvalue weighted by Gasteiger charge is -2.35. The zero-order chi connectivity index (χ0) is 22.7. The molecule has 2 heterocycles. The Labute approximate surface area is 187 Å². The van der Waals surface area contributed by atoms with Crippen LogP contribution in [0, 0.1) is 0 Å². The first-order valence-corrected chi connectivity index (χ1v) is 10.5. The number of furan rings is 1. The highest BCUT2D eigenvalue weighted by molar-refractivity contribution is 6.10. The van der Waals surface area contributed by atoms with Gasteiger partial charge >= 0.3 is 0 Å². The number of nitrogens with one attached hydrogen (secondary N) is 2. The van der Waals surface area contributed by atoms with Crippen LogP contribution in [-0.2, 0) is 13.0 Å². The van der Waals surface area contributed by atoms with Crippen molar-refractivity contribution in [2.75, 3.05) is 7.11 Å². The summed E-state index contributed by atoms with van der Waals surface area (Å²) in [4.78, 5) is 25.6. The van der Waals surface area contributed by atoms with Crippen molar-refractivity contribution in [2.24, 2.45) is 0 Å². The molecule has 2 aromatic carbocycles. The highest BCUT2D eigenvalue weighted by Crippen LogP contribution is 2.32. The number of ether oxygens (including phenoxy) is 1. The van der Waals surface area contributed by atoms with Crippen molar-refractivity contribution >= 4 is 17.4 Å². The lowest BCUT2D eigenvalue weighted by molar-refractivity contribution is 0.0948. The lowest BCUT2D eigenvalue weighted by atomic mass is 9.85. The van der Waals surface area contributed by atoms with Gasteiger partial charge in [-0.25, -0.2) is 0 Å². The third-order valence-electron chi connectivity index (χ3n) is 5.40. The first-order valence-electron chi connectivity index (χ1n) is 10.5. The van der Waals surface area contributed by atoms with E-state index in [1.807, 2.05) is 18.2 Å². The van der Waals surface area contributed by atoms with E-state index < -0.39 is 0 Å². The molecule has 0 saturated carbocycles. The molecule has 6 heteroatoms. The molecule has 1 aromatic heterocycles. The Morgan fingerprint density at radius 3 is 2.69 bits per heavy atom. The molecule has 0 saturated heterocycles. The van der Waals surface area contributed by atoms with E-state index in [9.17, 15) is 9.59 Å². The number of carbonyl (C=O) groups excluding carboxylic acids is 2. The summed E-state index contributed by atoms with van der Waals surface area (Å²) >= 11 is 0. The number of carbonyl (C=O) groups is 2. The number of benzene rings is 2. The Kier molecular flexibility index (Phi) is 5.86. The molecule has 6 nitrogen and oxygen atoms in total. The van der Waals surface area contributed by atoms with Crippen LogP contribution in [0.3, 0.4) is 0 Å². The molecule has 0 fully saturated rings. The van der Waals surface area contributed by atoms with Gasteiger partial charge in [-0.2, -0.15) is 0 Å². The smallest absolute Gasteiger partial charge is 0.251 e. The Morgan fingerprint density at radius 2 is 1.94 bits per heavy atom. The van der Waals surface area contributed by atoms with E-state index in [0.29, 0.717) is 16.9 Å². The zero-order valence-electron chi connectivity index (χ0n) is 18.4. The van der Waals surface area contributed by atoms with Crippen molar-refractivity contribution in [1.82, 2.24) is 10.6 Å². The van der Waals surface area contributed by atoms with Gasteiger partial charge in [-0.05, 0) is 62.2 Å². The molecule has 0 aliphatic carbocycles. The molecule has 0 unspecified atom stereocenters. The molecule has 0 atom stereocenters. The maximum absolute atomic E-state index is 13.1. The third kappa shape index (κ3) is 4.75. The van der Waals surface area contributed by atoms with Crippen molar-refractivity contribution in [1.29, 1.82) is 0 Å². The SMILES string of the molecule is COc1ccc2c(c1)C(=CC(=O)c1cccc(C(=O)NCc3ccco3)c1)NC(C)(C)C2. The highest BCUT2D eigenvalue weighted by Gasteiger charge is 2.28. The molecule has 0 bridgehead atoms. The molecular formula is C26H26N2O4. The van der Waals surface area contributed by atoms with E-state index in [-0.39, 0.29) is 23.8 Å². The predicted octanol–water partition coefficient (Wildman–Crippen LogP) is 4.37. The fourth-order valence-corrected chi connectivity index (χ4v) is 3.86. The van der Waals surface area contributed by atoms with Gasteiger partial charge in [-0.1, -0.05) is 18.2 Å². The average Bonchev–Trinajstić information content (AvgIpc) is 3.30. The van der Waals surface area contributed by atoms with Crippen LogP contribution in [-0.4, -0.2) is 24.3 Å².